The van der Waals surface area contributed by atoms with E-state index < -0.39 is 34.6 Å². The van der Waals surface area contributed by atoms with Crippen molar-refractivity contribution in [3.63, 3.8) is 0 Å². The van der Waals surface area contributed by atoms with Crippen molar-refractivity contribution < 1.29 is 29.4 Å². The highest BCUT2D eigenvalue weighted by Gasteiger charge is 2.49. The zero-order valence-corrected chi connectivity index (χ0v) is 16.8. The number of hydrogen-bond donors (Lipinski definition) is 4. The molecule has 8 nitrogen and oxygen atoms in total. The van der Waals surface area contributed by atoms with E-state index in [4.69, 9.17) is 11.5 Å². The Balaban J connectivity index is 2.19. The number of carboxylic acid groups (broad SMARTS) is 2. The molecule has 32 heavy (non-hydrogen) atoms. The first-order valence-corrected chi connectivity index (χ1v) is 9.49. The van der Waals surface area contributed by atoms with Gasteiger partial charge in [-0.25, -0.2) is 9.59 Å². The van der Waals surface area contributed by atoms with Gasteiger partial charge in [-0.2, -0.15) is 0 Å². The third-order valence-electron chi connectivity index (χ3n) is 5.27. The molecule has 0 aliphatic heterocycles. The Kier molecular flexibility index (Phi) is 6.02. The van der Waals surface area contributed by atoms with Crippen molar-refractivity contribution >= 4 is 23.5 Å². The molecule has 0 bridgehead atoms. The minimum Gasteiger partial charge on any atom is -0.479 e. The fraction of sp³-hybridized carbons (Fsp3) is 0.0833. The van der Waals surface area contributed by atoms with Gasteiger partial charge in [0.05, 0.1) is 0 Å². The number of nitrogens with two attached hydrogens (primary N) is 2. The first-order valence-electron chi connectivity index (χ1n) is 9.49. The van der Waals surface area contributed by atoms with E-state index in [1.807, 2.05) is 0 Å². The predicted molar refractivity (Wildman–Crippen MR) is 115 cm³/mol. The Morgan fingerprint density at radius 2 is 0.812 bits per heavy atom. The van der Waals surface area contributed by atoms with Gasteiger partial charge in [0.25, 0.3) is 0 Å². The van der Waals surface area contributed by atoms with Crippen molar-refractivity contribution in [1.29, 1.82) is 0 Å². The second-order valence-corrected chi connectivity index (χ2v) is 7.16. The van der Waals surface area contributed by atoms with Gasteiger partial charge in [-0.1, -0.05) is 84.9 Å². The zero-order valence-electron chi connectivity index (χ0n) is 16.8. The van der Waals surface area contributed by atoms with Crippen LogP contribution in [0, 0.1) is 0 Å². The molecule has 3 aromatic carbocycles. The highest BCUT2D eigenvalue weighted by Crippen LogP contribution is 2.30. The normalized spacial score (nSPS) is 14.6. The Hall–Kier alpha value is -4.14. The molecule has 0 fully saturated rings. The third kappa shape index (κ3) is 3.58. The van der Waals surface area contributed by atoms with Gasteiger partial charge >= 0.3 is 11.9 Å². The van der Waals surface area contributed by atoms with E-state index in [1.165, 1.54) is 72.8 Å². The van der Waals surface area contributed by atoms with Crippen LogP contribution >= 0.6 is 0 Å². The number of carbonyl (C=O) groups is 4. The molecule has 0 amide bonds. The first kappa shape index (κ1) is 22.5. The summed E-state index contributed by atoms with van der Waals surface area (Å²) in [6.45, 7) is 0. The van der Waals surface area contributed by atoms with Crippen LogP contribution < -0.4 is 11.5 Å². The lowest BCUT2D eigenvalue weighted by atomic mass is 9.78. The summed E-state index contributed by atoms with van der Waals surface area (Å²) in [5.41, 5.74) is 6.44. The summed E-state index contributed by atoms with van der Waals surface area (Å²) in [4.78, 5) is 51.0. The average molecular weight is 432 g/mol. The van der Waals surface area contributed by atoms with E-state index in [0.29, 0.717) is 0 Å². The van der Waals surface area contributed by atoms with Gasteiger partial charge in [0, 0.05) is 11.1 Å². The molecule has 6 N–H and O–H groups in total. The van der Waals surface area contributed by atoms with Crippen molar-refractivity contribution in [2.75, 3.05) is 0 Å². The SMILES string of the molecule is NC(C(=O)O)(C(=O)c1ccccc1C(=O)C(N)(C(=O)O)c1ccccc1)c1ccccc1. The van der Waals surface area contributed by atoms with Crippen molar-refractivity contribution in [2.45, 2.75) is 11.1 Å². The summed E-state index contributed by atoms with van der Waals surface area (Å²) < 4.78 is 0. The smallest absolute Gasteiger partial charge is 0.336 e. The fourth-order valence-electron chi connectivity index (χ4n) is 3.41. The summed E-state index contributed by atoms with van der Waals surface area (Å²) in [5, 5.41) is 19.6. The maximum absolute atomic E-state index is 13.4. The highest BCUT2D eigenvalue weighted by molar-refractivity contribution is 6.24. The lowest BCUT2D eigenvalue weighted by Gasteiger charge is -2.27. The van der Waals surface area contributed by atoms with Gasteiger partial charge in [0.1, 0.15) is 0 Å². The van der Waals surface area contributed by atoms with Crippen molar-refractivity contribution in [3.05, 3.63) is 107 Å². The molecular formula is C24H20N2O6. The van der Waals surface area contributed by atoms with Crippen LogP contribution in [0.4, 0.5) is 0 Å². The number of carboxylic acids is 2. The van der Waals surface area contributed by atoms with Crippen molar-refractivity contribution in [1.82, 2.24) is 0 Å². The number of Topliss-reactive ketones (excluding diaryl/α,β-unsaturated/α-hetero) is 2. The first-order chi connectivity index (χ1) is 15.1. The Morgan fingerprint density at radius 1 is 0.531 bits per heavy atom. The monoisotopic (exact) mass is 432 g/mol. The van der Waals surface area contributed by atoms with Gasteiger partial charge in [0.2, 0.25) is 11.1 Å². The summed E-state index contributed by atoms with van der Waals surface area (Å²) in [6.07, 6.45) is 0. The summed E-state index contributed by atoms with van der Waals surface area (Å²) >= 11 is 0. The molecule has 8 heteroatoms. The van der Waals surface area contributed by atoms with E-state index in [0.717, 1.165) is 0 Å². The van der Waals surface area contributed by atoms with Gasteiger partial charge in [-0.3, -0.25) is 9.59 Å². The van der Waals surface area contributed by atoms with Gasteiger partial charge in [0.15, 0.2) is 11.6 Å². The molecule has 2 unspecified atom stereocenters. The summed E-state index contributed by atoms with van der Waals surface area (Å²) in [6, 6.07) is 20.1. The molecule has 0 aliphatic carbocycles. The van der Waals surface area contributed by atoms with Crippen LogP contribution in [0.15, 0.2) is 84.9 Å². The van der Waals surface area contributed by atoms with Crippen LogP contribution in [0.5, 0.6) is 0 Å². The maximum atomic E-state index is 13.4. The number of rotatable bonds is 8. The summed E-state index contributed by atoms with van der Waals surface area (Å²) in [7, 11) is 0. The van der Waals surface area contributed by atoms with Gasteiger partial charge in [-0.15, -0.1) is 0 Å². The van der Waals surface area contributed by atoms with E-state index in [-0.39, 0.29) is 22.3 Å². The van der Waals surface area contributed by atoms with Crippen LogP contribution in [-0.2, 0) is 20.7 Å². The largest absolute Gasteiger partial charge is 0.479 e. The molecular weight excluding hydrogens is 412 g/mol. The molecule has 0 heterocycles. The minimum atomic E-state index is -2.51. The molecule has 0 aliphatic rings. The molecule has 0 aromatic heterocycles. The van der Waals surface area contributed by atoms with Crippen LogP contribution in [0.25, 0.3) is 0 Å². The third-order valence-corrected chi connectivity index (χ3v) is 5.27. The number of ketones is 2. The van der Waals surface area contributed by atoms with Crippen molar-refractivity contribution in [2.24, 2.45) is 11.5 Å². The van der Waals surface area contributed by atoms with Gasteiger partial charge < -0.3 is 21.7 Å². The Morgan fingerprint density at radius 3 is 1.09 bits per heavy atom. The lowest BCUT2D eigenvalue weighted by Crippen LogP contribution is -2.54. The van der Waals surface area contributed by atoms with E-state index in [2.05, 4.69) is 0 Å². The number of benzene rings is 3. The van der Waals surface area contributed by atoms with E-state index >= 15 is 0 Å². The number of carbonyl (C=O) groups excluding carboxylic acids is 2. The van der Waals surface area contributed by atoms with E-state index in [9.17, 15) is 29.4 Å². The molecule has 3 rings (SSSR count). The highest BCUT2D eigenvalue weighted by atomic mass is 16.4. The predicted octanol–water partition coefficient (Wildman–Crippen LogP) is 1.93. The standard InChI is InChI=1S/C24H20N2O6/c25-23(21(29)30,15-9-3-1-4-10-15)19(27)17-13-7-8-14-18(17)20(28)24(26,22(31)32)16-11-5-2-6-12-16/h1-14H,25-26H2,(H,29,30)(H,31,32). The fourth-order valence-corrected chi connectivity index (χ4v) is 3.41. The Bertz CT molecular complexity index is 1100. The maximum Gasteiger partial charge on any atom is 0.336 e. The molecule has 0 spiro atoms. The summed E-state index contributed by atoms with van der Waals surface area (Å²) in [5.74, 6) is -5.42. The van der Waals surface area contributed by atoms with Crippen LogP contribution in [0.1, 0.15) is 31.8 Å². The molecule has 0 radical (unpaired) electrons. The molecule has 162 valence electrons. The zero-order chi connectivity index (χ0) is 23.5. The molecule has 3 aromatic rings. The second-order valence-electron chi connectivity index (χ2n) is 7.16. The quantitative estimate of drug-likeness (QED) is 0.310. The van der Waals surface area contributed by atoms with Crippen LogP contribution in [0.2, 0.25) is 0 Å². The Labute approximate surface area is 183 Å². The molecule has 2 atom stereocenters. The average Bonchev–Trinajstić information content (AvgIpc) is 2.82. The molecule has 0 saturated carbocycles. The van der Waals surface area contributed by atoms with Crippen molar-refractivity contribution in [3.8, 4) is 0 Å². The van der Waals surface area contributed by atoms with Crippen LogP contribution in [-0.4, -0.2) is 33.7 Å². The second kappa shape index (κ2) is 8.54. The lowest BCUT2D eigenvalue weighted by molar-refractivity contribution is -0.142. The van der Waals surface area contributed by atoms with E-state index in [1.54, 1.807) is 12.1 Å². The van der Waals surface area contributed by atoms with Crippen LogP contribution in [0.3, 0.4) is 0 Å². The number of aliphatic carboxylic acids is 2. The topological polar surface area (TPSA) is 161 Å². The minimum absolute atomic E-state index is 0.0000535. The molecule has 0 saturated heterocycles. The van der Waals surface area contributed by atoms with Gasteiger partial charge in [-0.05, 0) is 11.1 Å². The number of hydrogen-bond acceptors (Lipinski definition) is 6.